The molecule has 1 aliphatic rings. The second-order valence-corrected chi connectivity index (χ2v) is 7.25. The lowest BCUT2D eigenvalue weighted by Gasteiger charge is -2.21. The number of rotatable bonds is 14. The molecule has 1 rings (SSSR count). The van der Waals surface area contributed by atoms with Gasteiger partial charge in [0.05, 0.1) is 19.1 Å². The molecule has 0 spiro atoms. The lowest BCUT2D eigenvalue weighted by atomic mass is 9.87. The van der Waals surface area contributed by atoms with E-state index in [1.807, 2.05) is 6.08 Å². The van der Waals surface area contributed by atoms with Gasteiger partial charge in [-0.25, -0.2) is 4.79 Å². The highest BCUT2D eigenvalue weighted by molar-refractivity contribution is 5.95. The van der Waals surface area contributed by atoms with E-state index in [1.54, 1.807) is 0 Å². The van der Waals surface area contributed by atoms with Crippen LogP contribution in [0.25, 0.3) is 0 Å². The van der Waals surface area contributed by atoms with E-state index < -0.39 is 5.92 Å². The predicted octanol–water partition coefficient (Wildman–Crippen LogP) is 6.07. The van der Waals surface area contributed by atoms with Gasteiger partial charge in [-0.15, -0.1) is 0 Å². The smallest absolute Gasteiger partial charge is 0.334 e. The average molecular weight is 391 g/mol. The summed E-state index contributed by atoms with van der Waals surface area (Å²) in [7, 11) is 0. The van der Waals surface area contributed by atoms with Gasteiger partial charge in [-0.05, 0) is 44.9 Å². The van der Waals surface area contributed by atoms with E-state index in [2.05, 4.69) is 38.2 Å². The number of allylic oxidation sites excluding steroid dienone is 3. The molecule has 0 fully saturated rings. The highest BCUT2D eigenvalue weighted by Crippen LogP contribution is 2.27. The predicted molar refractivity (Wildman–Crippen MR) is 114 cm³/mol. The molecule has 0 heterocycles. The van der Waals surface area contributed by atoms with Crippen LogP contribution in [-0.4, -0.2) is 25.2 Å². The standard InChI is InChI=1S/C24H38O4/c1-3-5-7-9-11-15-19-27-23(25)21-17-13-14-18-22(21)24(26)28-20-16-12-10-8-6-4-2/h9-12,17,22H,3-8,13-16,18-20H2,1-2H3/b11-9+,12-10+. The van der Waals surface area contributed by atoms with E-state index >= 15 is 0 Å². The van der Waals surface area contributed by atoms with Crippen molar-refractivity contribution in [1.82, 2.24) is 0 Å². The maximum absolute atomic E-state index is 12.4. The van der Waals surface area contributed by atoms with Gasteiger partial charge in [0, 0.05) is 5.57 Å². The van der Waals surface area contributed by atoms with Gasteiger partial charge in [-0.1, -0.05) is 69.9 Å². The Balaban J connectivity index is 2.35. The summed E-state index contributed by atoms with van der Waals surface area (Å²) >= 11 is 0. The fraction of sp³-hybridized carbons (Fsp3) is 0.667. The molecule has 158 valence electrons. The largest absolute Gasteiger partial charge is 0.465 e. The Kier molecular flexibility index (Phi) is 14.0. The first-order chi connectivity index (χ1) is 13.7. The lowest BCUT2D eigenvalue weighted by Crippen LogP contribution is -2.27. The lowest BCUT2D eigenvalue weighted by molar-refractivity contribution is -0.151. The quantitative estimate of drug-likeness (QED) is 0.205. The summed E-state index contributed by atoms with van der Waals surface area (Å²) in [5, 5.41) is 0. The summed E-state index contributed by atoms with van der Waals surface area (Å²) < 4.78 is 10.8. The number of unbranched alkanes of at least 4 members (excludes halogenated alkanes) is 4. The highest BCUT2D eigenvalue weighted by atomic mass is 16.5. The summed E-state index contributed by atoms with van der Waals surface area (Å²) in [4.78, 5) is 24.8. The van der Waals surface area contributed by atoms with Crippen LogP contribution in [0.4, 0.5) is 0 Å². The van der Waals surface area contributed by atoms with Gasteiger partial charge < -0.3 is 9.47 Å². The van der Waals surface area contributed by atoms with Crippen molar-refractivity contribution in [3.63, 3.8) is 0 Å². The third-order valence-electron chi connectivity index (χ3n) is 4.79. The molecule has 1 atom stereocenters. The zero-order chi connectivity index (χ0) is 20.5. The van der Waals surface area contributed by atoms with Crippen molar-refractivity contribution in [1.29, 1.82) is 0 Å². The van der Waals surface area contributed by atoms with E-state index in [4.69, 9.17) is 9.47 Å². The number of ether oxygens (including phenoxy) is 2. The average Bonchev–Trinajstić information content (AvgIpc) is 2.72. The zero-order valence-electron chi connectivity index (χ0n) is 17.8. The molecule has 4 nitrogen and oxygen atoms in total. The second-order valence-electron chi connectivity index (χ2n) is 7.25. The molecule has 0 aliphatic heterocycles. The molecular weight excluding hydrogens is 352 g/mol. The molecule has 0 radical (unpaired) electrons. The van der Waals surface area contributed by atoms with E-state index in [-0.39, 0.29) is 11.9 Å². The van der Waals surface area contributed by atoms with Crippen molar-refractivity contribution in [2.75, 3.05) is 13.2 Å². The minimum Gasteiger partial charge on any atom is -0.465 e. The number of hydrogen-bond acceptors (Lipinski definition) is 4. The summed E-state index contributed by atoms with van der Waals surface area (Å²) in [5.74, 6) is -1.15. The Bertz CT molecular complexity index is 531. The van der Waals surface area contributed by atoms with Gasteiger partial charge in [0.1, 0.15) is 0 Å². The first kappa shape index (κ1) is 24.2. The summed E-state index contributed by atoms with van der Waals surface area (Å²) in [6, 6.07) is 0. The second kappa shape index (κ2) is 16.1. The van der Waals surface area contributed by atoms with Gasteiger partial charge in [-0.2, -0.15) is 0 Å². The van der Waals surface area contributed by atoms with Crippen molar-refractivity contribution in [2.45, 2.75) is 84.5 Å². The normalized spacial score (nSPS) is 17.1. The van der Waals surface area contributed by atoms with Crippen molar-refractivity contribution >= 4 is 11.9 Å². The van der Waals surface area contributed by atoms with Gasteiger partial charge in [0.15, 0.2) is 0 Å². The van der Waals surface area contributed by atoms with Gasteiger partial charge in [-0.3, -0.25) is 4.79 Å². The van der Waals surface area contributed by atoms with Crippen LogP contribution in [0.3, 0.4) is 0 Å². The van der Waals surface area contributed by atoms with Crippen molar-refractivity contribution in [2.24, 2.45) is 5.92 Å². The van der Waals surface area contributed by atoms with Crippen molar-refractivity contribution in [3.05, 3.63) is 36.0 Å². The summed E-state index contributed by atoms with van der Waals surface area (Å²) in [6.45, 7) is 5.05. The fourth-order valence-electron chi connectivity index (χ4n) is 3.09. The maximum Gasteiger partial charge on any atom is 0.334 e. The van der Waals surface area contributed by atoms with Gasteiger partial charge in [0.25, 0.3) is 0 Å². The van der Waals surface area contributed by atoms with Crippen LogP contribution < -0.4 is 0 Å². The van der Waals surface area contributed by atoms with Crippen LogP contribution in [0, 0.1) is 5.92 Å². The Morgan fingerprint density at radius 2 is 1.50 bits per heavy atom. The van der Waals surface area contributed by atoms with Gasteiger partial charge >= 0.3 is 11.9 Å². The van der Waals surface area contributed by atoms with Crippen LogP contribution in [0.5, 0.6) is 0 Å². The van der Waals surface area contributed by atoms with Gasteiger partial charge in [0.2, 0.25) is 0 Å². The van der Waals surface area contributed by atoms with Crippen LogP contribution in [0.2, 0.25) is 0 Å². The minimum absolute atomic E-state index is 0.302. The fourth-order valence-corrected chi connectivity index (χ4v) is 3.09. The summed E-state index contributed by atoms with van der Waals surface area (Å²) in [6.07, 6.45) is 20.9. The molecule has 0 aromatic carbocycles. The van der Waals surface area contributed by atoms with Crippen LogP contribution in [0.15, 0.2) is 36.0 Å². The number of carbonyl (C=O) groups is 2. The number of hydrogen-bond donors (Lipinski definition) is 0. The Labute approximate surface area is 171 Å². The molecule has 0 aromatic heterocycles. The number of carbonyl (C=O) groups excluding carboxylic acids is 2. The first-order valence-corrected chi connectivity index (χ1v) is 11.0. The molecule has 0 aromatic rings. The third kappa shape index (κ3) is 10.5. The minimum atomic E-state index is -0.481. The van der Waals surface area contributed by atoms with E-state index in [0.717, 1.165) is 32.1 Å². The molecule has 0 bridgehead atoms. The topological polar surface area (TPSA) is 52.6 Å². The monoisotopic (exact) mass is 390 g/mol. The molecule has 0 saturated heterocycles. The molecular formula is C24H38O4. The van der Waals surface area contributed by atoms with E-state index in [0.29, 0.717) is 31.6 Å². The van der Waals surface area contributed by atoms with Crippen LogP contribution in [0.1, 0.15) is 84.5 Å². The zero-order valence-corrected chi connectivity index (χ0v) is 17.8. The van der Waals surface area contributed by atoms with E-state index in [1.165, 1.54) is 25.7 Å². The molecule has 0 amide bonds. The first-order valence-electron chi connectivity index (χ1n) is 11.0. The van der Waals surface area contributed by atoms with E-state index in [9.17, 15) is 9.59 Å². The molecule has 0 saturated carbocycles. The Hall–Kier alpha value is -1.84. The maximum atomic E-state index is 12.4. The Morgan fingerprint density at radius 1 is 0.929 bits per heavy atom. The number of esters is 2. The molecule has 28 heavy (non-hydrogen) atoms. The van der Waals surface area contributed by atoms with Crippen LogP contribution in [-0.2, 0) is 19.1 Å². The summed E-state index contributed by atoms with van der Waals surface area (Å²) in [5.41, 5.74) is 0.477. The molecule has 0 N–H and O–H groups in total. The van der Waals surface area contributed by atoms with Crippen molar-refractivity contribution in [3.8, 4) is 0 Å². The molecule has 4 heteroatoms. The SMILES string of the molecule is CCCC/C=C/CCOC(=O)C1=CCCCC1C(=O)OCC/C=C/CCCC. The Morgan fingerprint density at radius 3 is 2.11 bits per heavy atom. The van der Waals surface area contributed by atoms with Crippen LogP contribution >= 0.6 is 0 Å². The van der Waals surface area contributed by atoms with Crippen molar-refractivity contribution < 1.29 is 19.1 Å². The molecule has 1 unspecified atom stereocenters. The highest BCUT2D eigenvalue weighted by Gasteiger charge is 2.31. The third-order valence-corrected chi connectivity index (χ3v) is 4.79. The molecule has 1 aliphatic carbocycles.